The number of amides is 2. The fourth-order valence-corrected chi connectivity index (χ4v) is 4.16. The summed E-state index contributed by atoms with van der Waals surface area (Å²) in [5, 5.41) is 3.88. The molecule has 36 heavy (non-hydrogen) atoms. The van der Waals surface area contributed by atoms with Gasteiger partial charge in [0.15, 0.2) is 11.5 Å². The standard InChI is InChI=1S/C28H38Cl2N2O4/c1-6-19(5)31-28(34)24(7-2)32(18-21-10-13-22(29)23(30)16-21)27(33)15-12-20-11-14-25(35-8-3)26(17-20)36-9-4/h10-11,13-14,16-17,19,24H,6-9,12,15,18H2,1-5H3,(H,31,34)/t19-,24+/m1/s1. The van der Waals surface area contributed by atoms with Crippen molar-refractivity contribution in [1.82, 2.24) is 10.2 Å². The molecule has 0 spiro atoms. The Balaban J connectivity index is 2.26. The van der Waals surface area contributed by atoms with Gasteiger partial charge in [-0.3, -0.25) is 9.59 Å². The van der Waals surface area contributed by atoms with Gasteiger partial charge in [0.2, 0.25) is 11.8 Å². The van der Waals surface area contributed by atoms with Gasteiger partial charge in [-0.1, -0.05) is 49.2 Å². The van der Waals surface area contributed by atoms with E-state index in [0.717, 1.165) is 17.5 Å². The lowest BCUT2D eigenvalue weighted by Crippen LogP contribution is -2.50. The summed E-state index contributed by atoms with van der Waals surface area (Å²) in [6.07, 6.45) is 2.05. The number of rotatable bonds is 14. The number of carbonyl (C=O) groups excluding carboxylic acids is 2. The van der Waals surface area contributed by atoms with Crippen LogP contribution in [0.15, 0.2) is 36.4 Å². The average Bonchev–Trinajstić information content (AvgIpc) is 2.86. The van der Waals surface area contributed by atoms with Gasteiger partial charge in [-0.2, -0.15) is 0 Å². The first-order chi connectivity index (χ1) is 17.2. The maximum absolute atomic E-state index is 13.5. The molecular weight excluding hydrogens is 499 g/mol. The van der Waals surface area contributed by atoms with Crippen molar-refractivity contribution in [2.24, 2.45) is 0 Å². The van der Waals surface area contributed by atoms with E-state index in [1.165, 1.54) is 0 Å². The van der Waals surface area contributed by atoms with Gasteiger partial charge in [-0.25, -0.2) is 0 Å². The summed E-state index contributed by atoms with van der Waals surface area (Å²) in [6, 6.07) is 10.4. The second-order valence-corrected chi connectivity index (χ2v) is 9.47. The third-order valence-corrected chi connectivity index (χ3v) is 6.70. The summed E-state index contributed by atoms with van der Waals surface area (Å²) in [7, 11) is 0. The number of aryl methyl sites for hydroxylation is 1. The summed E-state index contributed by atoms with van der Waals surface area (Å²) < 4.78 is 11.4. The molecule has 2 amide bonds. The summed E-state index contributed by atoms with van der Waals surface area (Å²) in [5.41, 5.74) is 1.77. The molecule has 0 heterocycles. The Bertz CT molecular complexity index is 1020. The van der Waals surface area contributed by atoms with Crippen LogP contribution in [0.25, 0.3) is 0 Å². The van der Waals surface area contributed by atoms with Crippen molar-refractivity contribution in [3.63, 3.8) is 0 Å². The molecule has 6 nitrogen and oxygen atoms in total. The molecule has 0 aliphatic carbocycles. The number of nitrogens with zero attached hydrogens (tertiary/aromatic N) is 1. The molecule has 0 aromatic heterocycles. The van der Waals surface area contributed by atoms with Crippen LogP contribution in [0, 0.1) is 0 Å². The SMILES string of the molecule is CCOc1ccc(CCC(=O)N(Cc2ccc(Cl)c(Cl)c2)[C@@H](CC)C(=O)N[C@H](C)CC)cc1OCC. The molecule has 2 aromatic rings. The summed E-state index contributed by atoms with van der Waals surface area (Å²) in [5.74, 6) is 1.08. The van der Waals surface area contributed by atoms with Gasteiger partial charge >= 0.3 is 0 Å². The third kappa shape index (κ3) is 8.59. The number of ether oxygens (including phenoxy) is 2. The molecule has 2 atom stereocenters. The molecule has 0 aliphatic rings. The van der Waals surface area contributed by atoms with E-state index in [1.54, 1.807) is 17.0 Å². The van der Waals surface area contributed by atoms with Crippen molar-refractivity contribution in [1.29, 1.82) is 0 Å². The first-order valence-corrected chi connectivity index (χ1v) is 13.4. The highest BCUT2D eigenvalue weighted by molar-refractivity contribution is 6.42. The van der Waals surface area contributed by atoms with E-state index >= 15 is 0 Å². The van der Waals surface area contributed by atoms with E-state index in [4.69, 9.17) is 32.7 Å². The fraction of sp³-hybridized carbons (Fsp3) is 0.500. The second kappa shape index (κ2) is 15.0. The van der Waals surface area contributed by atoms with Crippen LogP contribution in [0.1, 0.15) is 65.0 Å². The molecule has 0 radical (unpaired) electrons. The molecule has 2 rings (SSSR count). The van der Waals surface area contributed by atoms with Crippen LogP contribution < -0.4 is 14.8 Å². The monoisotopic (exact) mass is 536 g/mol. The van der Waals surface area contributed by atoms with Crippen molar-refractivity contribution >= 4 is 35.0 Å². The van der Waals surface area contributed by atoms with Crippen LogP contribution in [0.2, 0.25) is 10.0 Å². The molecule has 0 saturated carbocycles. The zero-order valence-corrected chi connectivity index (χ0v) is 23.4. The Morgan fingerprint density at radius 1 is 0.889 bits per heavy atom. The lowest BCUT2D eigenvalue weighted by atomic mass is 10.1. The van der Waals surface area contributed by atoms with Gasteiger partial charge in [0, 0.05) is 19.0 Å². The molecule has 0 fully saturated rings. The van der Waals surface area contributed by atoms with Crippen LogP contribution in [0.4, 0.5) is 0 Å². The molecule has 2 aromatic carbocycles. The number of benzene rings is 2. The zero-order chi connectivity index (χ0) is 26.7. The number of halogens is 2. The number of carbonyl (C=O) groups is 2. The van der Waals surface area contributed by atoms with Gasteiger partial charge in [-0.15, -0.1) is 0 Å². The summed E-state index contributed by atoms with van der Waals surface area (Å²) in [6.45, 7) is 11.0. The van der Waals surface area contributed by atoms with E-state index in [1.807, 2.05) is 58.9 Å². The minimum Gasteiger partial charge on any atom is -0.490 e. The van der Waals surface area contributed by atoms with Crippen LogP contribution in [0.3, 0.4) is 0 Å². The largest absolute Gasteiger partial charge is 0.490 e. The molecule has 0 aliphatic heterocycles. The van der Waals surface area contributed by atoms with E-state index < -0.39 is 6.04 Å². The van der Waals surface area contributed by atoms with Crippen LogP contribution >= 0.6 is 23.2 Å². The van der Waals surface area contributed by atoms with E-state index in [0.29, 0.717) is 47.6 Å². The first kappa shape index (κ1) is 29.8. The Morgan fingerprint density at radius 2 is 1.56 bits per heavy atom. The molecule has 8 heteroatoms. The number of hydrogen-bond donors (Lipinski definition) is 1. The predicted octanol–water partition coefficient (Wildman–Crippen LogP) is 6.45. The minimum absolute atomic E-state index is 0.0225. The topological polar surface area (TPSA) is 67.9 Å². The Hall–Kier alpha value is -2.44. The predicted molar refractivity (Wildman–Crippen MR) is 146 cm³/mol. The minimum atomic E-state index is -0.597. The van der Waals surface area contributed by atoms with Crippen molar-refractivity contribution in [3.8, 4) is 11.5 Å². The van der Waals surface area contributed by atoms with E-state index in [2.05, 4.69) is 5.32 Å². The lowest BCUT2D eigenvalue weighted by molar-refractivity contribution is -0.141. The third-order valence-electron chi connectivity index (χ3n) is 5.96. The van der Waals surface area contributed by atoms with Crippen LogP contribution in [-0.4, -0.2) is 42.0 Å². The van der Waals surface area contributed by atoms with Gasteiger partial charge < -0.3 is 19.7 Å². The van der Waals surface area contributed by atoms with Crippen molar-refractivity contribution in [3.05, 3.63) is 57.6 Å². The lowest BCUT2D eigenvalue weighted by Gasteiger charge is -2.31. The Labute approximate surface area is 225 Å². The molecule has 198 valence electrons. The Kier molecular flexibility index (Phi) is 12.4. The smallest absolute Gasteiger partial charge is 0.243 e. The highest BCUT2D eigenvalue weighted by atomic mass is 35.5. The van der Waals surface area contributed by atoms with E-state index in [-0.39, 0.29) is 30.8 Å². The van der Waals surface area contributed by atoms with Gasteiger partial charge in [0.1, 0.15) is 6.04 Å². The fourth-order valence-electron chi connectivity index (χ4n) is 3.84. The van der Waals surface area contributed by atoms with Crippen LogP contribution in [0.5, 0.6) is 11.5 Å². The average molecular weight is 538 g/mol. The second-order valence-electron chi connectivity index (χ2n) is 8.66. The molecule has 0 bridgehead atoms. The molecule has 0 saturated heterocycles. The van der Waals surface area contributed by atoms with Crippen molar-refractivity contribution in [2.75, 3.05) is 13.2 Å². The molecule has 0 unspecified atom stereocenters. The maximum atomic E-state index is 13.5. The van der Waals surface area contributed by atoms with Crippen molar-refractivity contribution in [2.45, 2.75) is 78.9 Å². The van der Waals surface area contributed by atoms with Crippen molar-refractivity contribution < 1.29 is 19.1 Å². The first-order valence-electron chi connectivity index (χ1n) is 12.7. The zero-order valence-electron chi connectivity index (χ0n) is 21.9. The normalized spacial score (nSPS) is 12.5. The Morgan fingerprint density at radius 3 is 2.17 bits per heavy atom. The van der Waals surface area contributed by atoms with E-state index in [9.17, 15) is 9.59 Å². The highest BCUT2D eigenvalue weighted by Crippen LogP contribution is 2.29. The highest BCUT2D eigenvalue weighted by Gasteiger charge is 2.29. The number of nitrogens with one attached hydrogen (secondary N) is 1. The quantitative estimate of drug-likeness (QED) is 0.301. The molecule has 1 N–H and O–H groups in total. The van der Waals surface area contributed by atoms with Gasteiger partial charge in [0.05, 0.1) is 23.3 Å². The summed E-state index contributed by atoms with van der Waals surface area (Å²) in [4.78, 5) is 28.3. The molecular formula is C28H38Cl2N2O4. The summed E-state index contributed by atoms with van der Waals surface area (Å²) >= 11 is 12.3. The van der Waals surface area contributed by atoms with Gasteiger partial charge in [-0.05, 0) is 75.4 Å². The van der Waals surface area contributed by atoms with Crippen LogP contribution in [-0.2, 0) is 22.6 Å². The maximum Gasteiger partial charge on any atom is 0.243 e. The van der Waals surface area contributed by atoms with Gasteiger partial charge in [0.25, 0.3) is 0 Å². The number of hydrogen-bond acceptors (Lipinski definition) is 4.